The van der Waals surface area contributed by atoms with Crippen LogP contribution in [0.25, 0.3) is 10.9 Å². The normalized spacial score (nSPS) is 11.1. The van der Waals surface area contributed by atoms with Gasteiger partial charge in [0.15, 0.2) is 0 Å². The second-order valence-electron chi connectivity index (χ2n) is 4.13. The predicted octanol–water partition coefficient (Wildman–Crippen LogP) is 2.68. The average Bonchev–Trinajstić information content (AvgIpc) is 2.81. The summed E-state index contributed by atoms with van der Waals surface area (Å²) >= 11 is 0. The number of aromatic nitrogens is 1. The van der Waals surface area contributed by atoms with Crippen LogP contribution in [-0.2, 0) is 11.3 Å². The Hall–Kier alpha value is -1.32. The Morgan fingerprint density at radius 2 is 2.24 bits per heavy atom. The van der Waals surface area contributed by atoms with Gasteiger partial charge in [0.2, 0.25) is 0 Å². The summed E-state index contributed by atoms with van der Waals surface area (Å²) in [5, 5.41) is 4.70. The standard InChI is InChI=1S/C14H20N2O/c1-2-17-9-3-7-15-11-12-4-5-14-13(10-12)6-8-16-14/h4-6,8,10,15-16H,2-3,7,9,11H2,1H3. The van der Waals surface area contributed by atoms with E-state index in [1.807, 2.05) is 13.1 Å². The largest absolute Gasteiger partial charge is 0.382 e. The molecule has 0 saturated heterocycles. The molecule has 0 radical (unpaired) electrons. The molecule has 3 heteroatoms. The Morgan fingerprint density at radius 1 is 1.29 bits per heavy atom. The molecule has 0 aliphatic heterocycles. The number of hydrogen-bond acceptors (Lipinski definition) is 2. The highest BCUT2D eigenvalue weighted by atomic mass is 16.5. The maximum atomic E-state index is 5.29. The Labute approximate surface area is 102 Å². The van der Waals surface area contributed by atoms with E-state index in [2.05, 4.69) is 34.6 Å². The maximum Gasteiger partial charge on any atom is 0.0477 e. The van der Waals surface area contributed by atoms with Gasteiger partial charge >= 0.3 is 0 Å². The molecule has 2 aromatic rings. The van der Waals surface area contributed by atoms with Gasteiger partial charge in [-0.1, -0.05) is 6.07 Å². The minimum absolute atomic E-state index is 0.810. The highest BCUT2D eigenvalue weighted by Crippen LogP contribution is 2.13. The minimum atomic E-state index is 0.810. The van der Waals surface area contributed by atoms with Crippen molar-refractivity contribution in [1.82, 2.24) is 10.3 Å². The molecule has 1 heterocycles. The second-order valence-corrected chi connectivity index (χ2v) is 4.13. The van der Waals surface area contributed by atoms with Crippen molar-refractivity contribution in [2.24, 2.45) is 0 Å². The molecule has 0 saturated carbocycles. The van der Waals surface area contributed by atoms with E-state index in [1.165, 1.54) is 16.5 Å². The van der Waals surface area contributed by atoms with Crippen LogP contribution in [-0.4, -0.2) is 24.7 Å². The van der Waals surface area contributed by atoms with E-state index in [-0.39, 0.29) is 0 Å². The number of benzene rings is 1. The molecule has 2 N–H and O–H groups in total. The lowest BCUT2D eigenvalue weighted by atomic mass is 10.1. The van der Waals surface area contributed by atoms with Gasteiger partial charge in [0.25, 0.3) is 0 Å². The number of nitrogens with one attached hydrogen (secondary N) is 2. The summed E-state index contributed by atoms with van der Waals surface area (Å²) in [7, 11) is 0. The first-order valence-corrected chi connectivity index (χ1v) is 6.24. The number of ether oxygens (including phenoxy) is 1. The van der Waals surface area contributed by atoms with Crippen molar-refractivity contribution >= 4 is 10.9 Å². The van der Waals surface area contributed by atoms with Gasteiger partial charge in [0, 0.05) is 31.5 Å². The Morgan fingerprint density at radius 3 is 3.12 bits per heavy atom. The van der Waals surface area contributed by atoms with Crippen LogP contribution in [0.15, 0.2) is 30.5 Å². The molecule has 0 fully saturated rings. The van der Waals surface area contributed by atoms with Gasteiger partial charge < -0.3 is 15.0 Å². The van der Waals surface area contributed by atoms with E-state index in [0.717, 1.165) is 32.7 Å². The Balaban J connectivity index is 1.75. The molecule has 2 rings (SSSR count). The molecule has 0 aliphatic rings. The molecule has 0 atom stereocenters. The predicted molar refractivity (Wildman–Crippen MR) is 71.1 cm³/mol. The van der Waals surface area contributed by atoms with Gasteiger partial charge in [-0.3, -0.25) is 0 Å². The minimum Gasteiger partial charge on any atom is -0.382 e. The number of hydrogen-bond donors (Lipinski definition) is 2. The maximum absolute atomic E-state index is 5.29. The summed E-state index contributed by atoms with van der Waals surface area (Å²) in [6.07, 6.45) is 3.05. The molecule has 92 valence electrons. The highest BCUT2D eigenvalue weighted by Gasteiger charge is 1.96. The van der Waals surface area contributed by atoms with E-state index in [1.54, 1.807) is 0 Å². The first-order valence-electron chi connectivity index (χ1n) is 6.24. The second kappa shape index (κ2) is 6.42. The molecule has 1 aromatic carbocycles. The lowest BCUT2D eigenvalue weighted by Gasteiger charge is -2.05. The fraction of sp³-hybridized carbons (Fsp3) is 0.429. The summed E-state index contributed by atoms with van der Waals surface area (Å²) in [6.45, 7) is 5.61. The van der Waals surface area contributed by atoms with Crippen LogP contribution in [0.1, 0.15) is 18.9 Å². The highest BCUT2D eigenvalue weighted by molar-refractivity contribution is 5.79. The lowest BCUT2D eigenvalue weighted by Crippen LogP contribution is -2.16. The quantitative estimate of drug-likeness (QED) is 0.720. The molecule has 0 spiro atoms. The Bertz CT molecular complexity index is 450. The Kier molecular flexibility index (Phi) is 4.59. The number of aromatic amines is 1. The van der Waals surface area contributed by atoms with E-state index in [4.69, 9.17) is 4.74 Å². The summed E-state index contributed by atoms with van der Waals surface area (Å²) in [6, 6.07) is 8.62. The number of H-pyrrole nitrogens is 1. The van der Waals surface area contributed by atoms with Crippen molar-refractivity contribution < 1.29 is 4.74 Å². The van der Waals surface area contributed by atoms with Crippen molar-refractivity contribution in [1.29, 1.82) is 0 Å². The van der Waals surface area contributed by atoms with Crippen LogP contribution in [0, 0.1) is 0 Å². The zero-order chi connectivity index (χ0) is 11.9. The fourth-order valence-electron chi connectivity index (χ4n) is 1.89. The summed E-state index contributed by atoms with van der Waals surface area (Å²) < 4.78 is 5.29. The lowest BCUT2D eigenvalue weighted by molar-refractivity contribution is 0.144. The summed E-state index contributed by atoms with van der Waals surface area (Å²) in [4.78, 5) is 3.20. The first-order chi connectivity index (χ1) is 8.40. The molecule has 0 unspecified atom stereocenters. The monoisotopic (exact) mass is 232 g/mol. The first kappa shape index (κ1) is 12.1. The van der Waals surface area contributed by atoms with Gasteiger partial charge in [0.05, 0.1) is 0 Å². The molecule has 0 aliphatic carbocycles. The molecular weight excluding hydrogens is 212 g/mol. The van der Waals surface area contributed by atoms with Crippen molar-refractivity contribution in [3.63, 3.8) is 0 Å². The van der Waals surface area contributed by atoms with E-state index < -0.39 is 0 Å². The van der Waals surface area contributed by atoms with Crippen LogP contribution in [0.2, 0.25) is 0 Å². The topological polar surface area (TPSA) is 37.0 Å². The molecule has 17 heavy (non-hydrogen) atoms. The van der Waals surface area contributed by atoms with Crippen LogP contribution in [0.3, 0.4) is 0 Å². The SMILES string of the molecule is CCOCCCNCc1ccc2[nH]ccc2c1. The zero-order valence-electron chi connectivity index (χ0n) is 10.3. The van der Waals surface area contributed by atoms with Crippen molar-refractivity contribution in [3.8, 4) is 0 Å². The van der Waals surface area contributed by atoms with Crippen molar-refractivity contribution in [2.45, 2.75) is 19.9 Å². The molecule has 0 bridgehead atoms. The third-order valence-electron chi connectivity index (χ3n) is 2.79. The van der Waals surface area contributed by atoms with E-state index in [9.17, 15) is 0 Å². The van der Waals surface area contributed by atoms with Gasteiger partial charge in [-0.2, -0.15) is 0 Å². The molecule has 1 aromatic heterocycles. The van der Waals surface area contributed by atoms with Crippen molar-refractivity contribution in [3.05, 3.63) is 36.0 Å². The van der Waals surface area contributed by atoms with Gasteiger partial charge in [-0.25, -0.2) is 0 Å². The smallest absolute Gasteiger partial charge is 0.0477 e. The van der Waals surface area contributed by atoms with E-state index in [0.29, 0.717) is 0 Å². The van der Waals surface area contributed by atoms with Crippen molar-refractivity contribution in [2.75, 3.05) is 19.8 Å². The average molecular weight is 232 g/mol. The van der Waals surface area contributed by atoms with Gasteiger partial charge in [-0.15, -0.1) is 0 Å². The van der Waals surface area contributed by atoms with Crippen LogP contribution in [0.5, 0.6) is 0 Å². The molecule has 3 nitrogen and oxygen atoms in total. The van der Waals surface area contributed by atoms with Crippen LogP contribution >= 0.6 is 0 Å². The number of fused-ring (bicyclic) bond motifs is 1. The van der Waals surface area contributed by atoms with Gasteiger partial charge in [0.1, 0.15) is 0 Å². The van der Waals surface area contributed by atoms with Crippen LogP contribution < -0.4 is 5.32 Å². The molecular formula is C14H20N2O. The van der Waals surface area contributed by atoms with Crippen LogP contribution in [0.4, 0.5) is 0 Å². The third-order valence-corrected chi connectivity index (χ3v) is 2.79. The summed E-state index contributed by atoms with van der Waals surface area (Å²) in [5.41, 5.74) is 2.53. The summed E-state index contributed by atoms with van der Waals surface area (Å²) in [5.74, 6) is 0. The fourth-order valence-corrected chi connectivity index (χ4v) is 1.89. The third kappa shape index (κ3) is 3.58. The van der Waals surface area contributed by atoms with Gasteiger partial charge in [-0.05, 0) is 49.0 Å². The van der Waals surface area contributed by atoms with E-state index >= 15 is 0 Å². The number of rotatable bonds is 7. The zero-order valence-corrected chi connectivity index (χ0v) is 10.3. The molecule has 0 amide bonds.